The summed E-state index contributed by atoms with van der Waals surface area (Å²) in [5.74, 6) is -0.599. The van der Waals surface area contributed by atoms with Crippen LogP contribution >= 0.6 is 0 Å². The predicted molar refractivity (Wildman–Crippen MR) is 94.3 cm³/mol. The zero-order valence-electron chi connectivity index (χ0n) is 15.0. The second-order valence-corrected chi connectivity index (χ2v) is 5.93. The predicted octanol–water partition coefficient (Wildman–Crippen LogP) is 3.27. The van der Waals surface area contributed by atoms with Gasteiger partial charge in [-0.25, -0.2) is 4.39 Å². The van der Waals surface area contributed by atoms with Crippen molar-refractivity contribution in [2.24, 2.45) is 0 Å². The molecule has 6 nitrogen and oxygen atoms in total. The molecule has 152 valence electrons. The first kappa shape index (κ1) is 20.5. The summed E-state index contributed by atoms with van der Waals surface area (Å²) in [6.07, 6.45) is -5.41. The van der Waals surface area contributed by atoms with E-state index in [-0.39, 0.29) is 29.3 Å². The summed E-state index contributed by atoms with van der Waals surface area (Å²) in [5.41, 5.74) is -1.90. The van der Waals surface area contributed by atoms with Crippen LogP contribution in [0.2, 0.25) is 0 Å². The molecule has 3 aromatic rings. The van der Waals surface area contributed by atoms with E-state index in [2.05, 4.69) is 10.1 Å². The molecule has 1 aromatic carbocycles. The second kappa shape index (κ2) is 8.00. The normalized spacial score (nSPS) is 12.6. The van der Waals surface area contributed by atoms with Crippen molar-refractivity contribution in [1.82, 2.24) is 14.8 Å². The maximum absolute atomic E-state index is 13.2. The number of aliphatic hydroxyl groups excluding tert-OH is 1. The Morgan fingerprint density at radius 1 is 1.17 bits per heavy atom. The number of rotatable bonds is 5. The highest BCUT2D eigenvalue weighted by Crippen LogP contribution is 2.32. The molecule has 0 aliphatic heterocycles. The minimum absolute atomic E-state index is 0.0752. The molecule has 2 aromatic heterocycles. The molecule has 10 heteroatoms. The van der Waals surface area contributed by atoms with Gasteiger partial charge in [-0.1, -0.05) is 0 Å². The molecule has 29 heavy (non-hydrogen) atoms. The van der Waals surface area contributed by atoms with Gasteiger partial charge >= 0.3 is 6.18 Å². The Hall–Kier alpha value is -3.27. The number of aromatic nitrogens is 3. The van der Waals surface area contributed by atoms with Gasteiger partial charge in [0, 0.05) is 12.3 Å². The Morgan fingerprint density at radius 2 is 1.86 bits per heavy atom. The Bertz CT molecular complexity index is 1070. The van der Waals surface area contributed by atoms with E-state index in [0.29, 0.717) is 6.07 Å². The SMILES string of the molecule is CCOc1cc(=O)n(-c2ccc(F)cc2)nc1C(O)c1ccnc(C(F)(F)F)c1. The maximum Gasteiger partial charge on any atom is 0.433 e. The number of aliphatic hydroxyl groups is 1. The first-order valence-electron chi connectivity index (χ1n) is 8.45. The van der Waals surface area contributed by atoms with Crippen LogP contribution in [0, 0.1) is 5.82 Å². The Balaban J connectivity index is 2.12. The standard InChI is InChI=1S/C19H15F4N3O3/c1-2-29-14-10-16(27)26(13-5-3-12(20)4-6-13)25-17(14)18(28)11-7-8-24-15(9-11)19(21,22)23/h3-10,18,28H,2H2,1H3. The van der Waals surface area contributed by atoms with Gasteiger partial charge in [0.2, 0.25) is 0 Å². The fourth-order valence-corrected chi connectivity index (χ4v) is 2.61. The average molecular weight is 409 g/mol. The van der Waals surface area contributed by atoms with Gasteiger partial charge in [-0.15, -0.1) is 0 Å². The smallest absolute Gasteiger partial charge is 0.433 e. The number of hydrogen-bond acceptors (Lipinski definition) is 5. The molecule has 1 atom stereocenters. The number of nitrogens with zero attached hydrogens (tertiary/aromatic N) is 3. The molecule has 0 bridgehead atoms. The molecule has 0 aliphatic carbocycles. The molecule has 0 amide bonds. The van der Waals surface area contributed by atoms with Crippen molar-refractivity contribution in [2.75, 3.05) is 6.61 Å². The van der Waals surface area contributed by atoms with Crippen molar-refractivity contribution in [1.29, 1.82) is 0 Å². The highest BCUT2D eigenvalue weighted by molar-refractivity contribution is 5.38. The van der Waals surface area contributed by atoms with E-state index in [1.807, 2.05) is 0 Å². The lowest BCUT2D eigenvalue weighted by Gasteiger charge is -2.17. The van der Waals surface area contributed by atoms with Crippen LogP contribution in [-0.2, 0) is 6.18 Å². The molecular weight excluding hydrogens is 394 g/mol. The lowest BCUT2D eigenvalue weighted by molar-refractivity contribution is -0.141. The molecule has 1 N–H and O–H groups in total. The van der Waals surface area contributed by atoms with E-state index in [1.54, 1.807) is 6.92 Å². The number of alkyl halides is 3. The first-order valence-corrected chi connectivity index (χ1v) is 8.45. The summed E-state index contributed by atoms with van der Waals surface area (Å²) < 4.78 is 58.2. The third kappa shape index (κ3) is 4.43. The van der Waals surface area contributed by atoms with Gasteiger partial charge in [-0.3, -0.25) is 9.78 Å². The van der Waals surface area contributed by atoms with Crippen molar-refractivity contribution in [3.8, 4) is 11.4 Å². The van der Waals surface area contributed by atoms with Crippen LogP contribution < -0.4 is 10.3 Å². The van der Waals surface area contributed by atoms with Crippen LogP contribution in [0.4, 0.5) is 17.6 Å². The van der Waals surface area contributed by atoms with Crippen LogP contribution in [-0.4, -0.2) is 26.5 Å². The van der Waals surface area contributed by atoms with Gasteiger partial charge in [-0.05, 0) is 48.9 Å². The van der Waals surface area contributed by atoms with E-state index >= 15 is 0 Å². The van der Waals surface area contributed by atoms with Crippen molar-refractivity contribution in [2.45, 2.75) is 19.2 Å². The van der Waals surface area contributed by atoms with Crippen LogP contribution in [0.3, 0.4) is 0 Å². The molecule has 0 saturated heterocycles. The monoisotopic (exact) mass is 409 g/mol. The van der Waals surface area contributed by atoms with Gasteiger partial charge in [0.15, 0.2) is 5.75 Å². The van der Waals surface area contributed by atoms with Crippen LogP contribution in [0.1, 0.15) is 30.0 Å². The van der Waals surface area contributed by atoms with Gasteiger partial charge in [-0.2, -0.15) is 23.0 Å². The van der Waals surface area contributed by atoms with Crippen LogP contribution in [0.15, 0.2) is 53.5 Å². The van der Waals surface area contributed by atoms with E-state index in [1.165, 1.54) is 18.2 Å². The summed E-state index contributed by atoms with van der Waals surface area (Å²) >= 11 is 0. The zero-order chi connectivity index (χ0) is 21.2. The fourth-order valence-electron chi connectivity index (χ4n) is 2.61. The number of ether oxygens (including phenoxy) is 1. The Labute approximate surface area is 162 Å². The number of pyridine rings is 1. The lowest BCUT2D eigenvalue weighted by Crippen LogP contribution is -2.24. The fraction of sp³-hybridized carbons (Fsp3) is 0.211. The van der Waals surface area contributed by atoms with Crippen molar-refractivity contribution < 1.29 is 27.4 Å². The largest absolute Gasteiger partial charge is 0.492 e. The zero-order valence-corrected chi connectivity index (χ0v) is 15.0. The van der Waals surface area contributed by atoms with E-state index in [9.17, 15) is 27.5 Å². The number of benzene rings is 1. The van der Waals surface area contributed by atoms with E-state index < -0.39 is 29.4 Å². The molecule has 0 aliphatic rings. The van der Waals surface area contributed by atoms with Crippen LogP contribution in [0.25, 0.3) is 5.69 Å². The first-order chi connectivity index (χ1) is 13.7. The van der Waals surface area contributed by atoms with Crippen molar-refractivity contribution in [3.63, 3.8) is 0 Å². The molecule has 0 fully saturated rings. The lowest BCUT2D eigenvalue weighted by atomic mass is 10.1. The quantitative estimate of drug-likeness (QED) is 0.655. The summed E-state index contributed by atoms with van der Waals surface area (Å²) in [6, 6.07) is 7.79. The Morgan fingerprint density at radius 3 is 2.48 bits per heavy atom. The van der Waals surface area contributed by atoms with Gasteiger partial charge < -0.3 is 9.84 Å². The van der Waals surface area contributed by atoms with Gasteiger partial charge in [0.25, 0.3) is 5.56 Å². The van der Waals surface area contributed by atoms with Gasteiger partial charge in [0.05, 0.1) is 12.3 Å². The second-order valence-electron chi connectivity index (χ2n) is 5.93. The Kier molecular flexibility index (Phi) is 5.64. The highest BCUT2D eigenvalue weighted by atomic mass is 19.4. The molecule has 0 radical (unpaired) electrons. The van der Waals surface area contributed by atoms with Crippen molar-refractivity contribution in [3.05, 3.63) is 81.8 Å². The topological polar surface area (TPSA) is 77.2 Å². The molecule has 1 unspecified atom stereocenters. The summed E-state index contributed by atoms with van der Waals surface area (Å²) in [7, 11) is 0. The summed E-state index contributed by atoms with van der Waals surface area (Å²) in [6.45, 7) is 1.77. The highest BCUT2D eigenvalue weighted by Gasteiger charge is 2.33. The van der Waals surface area contributed by atoms with Crippen molar-refractivity contribution >= 4 is 0 Å². The third-order valence-electron chi connectivity index (χ3n) is 3.94. The maximum atomic E-state index is 13.2. The molecular formula is C19H15F4N3O3. The summed E-state index contributed by atoms with van der Waals surface area (Å²) in [4.78, 5) is 15.6. The minimum Gasteiger partial charge on any atom is -0.492 e. The van der Waals surface area contributed by atoms with Crippen LogP contribution in [0.5, 0.6) is 5.75 Å². The average Bonchev–Trinajstić information content (AvgIpc) is 2.68. The molecule has 0 saturated carbocycles. The minimum atomic E-state index is -4.70. The van der Waals surface area contributed by atoms with E-state index in [4.69, 9.17) is 4.74 Å². The molecule has 2 heterocycles. The van der Waals surface area contributed by atoms with Gasteiger partial charge in [0.1, 0.15) is 23.3 Å². The van der Waals surface area contributed by atoms with E-state index in [0.717, 1.165) is 29.1 Å². The third-order valence-corrected chi connectivity index (χ3v) is 3.94. The number of halogens is 4. The molecule has 0 spiro atoms. The molecule has 3 rings (SSSR count). The summed E-state index contributed by atoms with van der Waals surface area (Å²) in [5, 5.41) is 14.7. The number of hydrogen-bond donors (Lipinski definition) is 1.